The Morgan fingerprint density at radius 1 is 1.33 bits per heavy atom. The number of nitrogens with zero attached hydrogens (tertiary/aromatic N) is 3. The number of hydrogen-bond donors (Lipinski definition) is 1. The lowest BCUT2D eigenvalue weighted by Gasteiger charge is -2.00. The first kappa shape index (κ1) is 11.5. The monoisotopic (exact) mass is 278 g/mol. The summed E-state index contributed by atoms with van der Waals surface area (Å²) in [5.74, 6) is 0.874. The first-order valence-corrected chi connectivity index (χ1v) is 6.61. The molecule has 2 aromatic heterocycles. The zero-order valence-corrected chi connectivity index (χ0v) is 11.5. The largest absolute Gasteiger partial charge is 0.375 e. The Hall–Kier alpha value is -1.59. The van der Waals surface area contributed by atoms with Gasteiger partial charge < -0.3 is 10.3 Å². The molecule has 0 bridgehead atoms. The van der Waals surface area contributed by atoms with Gasteiger partial charge in [-0.15, -0.1) is 0 Å². The molecule has 0 spiro atoms. The van der Waals surface area contributed by atoms with E-state index in [1.807, 2.05) is 36.7 Å². The summed E-state index contributed by atoms with van der Waals surface area (Å²) in [6, 6.07) is 5.67. The second-order valence-corrected chi connectivity index (χ2v) is 5.56. The van der Waals surface area contributed by atoms with Crippen LogP contribution in [-0.2, 0) is 7.05 Å². The summed E-state index contributed by atoms with van der Waals surface area (Å²) in [7, 11) is 1.97. The molecule has 2 heterocycles. The number of rotatable bonds is 1. The van der Waals surface area contributed by atoms with Crippen LogP contribution in [0.5, 0.6) is 0 Å². The predicted octanol–water partition coefficient (Wildman–Crippen LogP) is 3.24. The van der Waals surface area contributed by atoms with E-state index in [1.54, 1.807) is 0 Å². The summed E-state index contributed by atoms with van der Waals surface area (Å²) in [4.78, 5) is 9.85. The lowest BCUT2D eigenvalue weighted by atomic mass is 10.3. The SMILES string of the molecule is Cc1nc(N)sc1-c1nc2ccc(Cl)cc2n1C. The van der Waals surface area contributed by atoms with Crippen molar-refractivity contribution in [3.05, 3.63) is 28.9 Å². The molecule has 0 saturated heterocycles. The number of nitrogens with two attached hydrogens (primary N) is 1. The highest BCUT2D eigenvalue weighted by Crippen LogP contribution is 2.32. The average molecular weight is 279 g/mol. The molecule has 0 aliphatic rings. The van der Waals surface area contributed by atoms with E-state index in [9.17, 15) is 0 Å². The number of hydrogen-bond acceptors (Lipinski definition) is 4. The van der Waals surface area contributed by atoms with Gasteiger partial charge in [-0.1, -0.05) is 22.9 Å². The van der Waals surface area contributed by atoms with Crippen LogP contribution in [0.25, 0.3) is 21.7 Å². The van der Waals surface area contributed by atoms with E-state index < -0.39 is 0 Å². The number of aromatic nitrogens is 3. The third-order valence-corrected chi connectivity index (χ3v) is 4.08. The smallest absolute Gasteiger partial charge is 0.180 e. The molecule has 6 heteroatoms. The fourth-order valence-electron chi connectivity index (χ4n) is 1.99. The van der Waals surface area contributed by atoms with Crippen LogP contribution in [0.15, 0.2) is 18.2 Å². The fraction of sp³-hybridized carbons (Fsp3) is 0.167. The van der Waals surface area contributed by atoms with Crippen molar-refractivity contribution in [2.75, 3.05) is 5.73 Å². The third kappa shape index (κ3) is 1.67. The number of thiazole rings is 1. The minimum atomic E-state index is 0.563. The first-order chi connectivity index (χ1) is 8.56. The van der Waals surface area contributed by atoms with Crippen LogP contribution in [0.1, 0.15) is 5.69 Å². The van der Waals surface area contributed by atoms with Gasteiger partial charge in [-0.2, -0.15) is 0 Å². The number of benzene rings is 1. The molecule has 0 aliphatic heterocycles. The summed E-state index contributed by atoms with van der Waals surface area (Å²) in [6.45, 7) is 1.94. The molecule has 3 rings (SSSR count). The van der Waals surface area contributed by atoms with Gasteiger partial charge in [0.05, 0.1) is 21.6 Å². The standard InChI is InChI=1S/C12H11ClN4S/c1-6-10(18-12(14)15-6)11-16-8-4-3-7(13)5-9(8)17(11)2/h3-5H,1-2H3,(H2,14,15). The molecule has 0 saturated carbocycles. The van der Waals surface area contributed by atoms with E-state index in [0.29, 0.717) is 10.2 Å². The molecule has 2 N–H and O–H groups in total. The molecule has 18 heavy (non-hydrogen) atoms. The second-order valence-electron chi connectivity index (χ2n) is 4.09. The molecule has 0 atom stereocenters. The van der Waals surface area contributed by atoms with E-state index >= 15 is 0 Å². The van der Waals surface area contributed by atoms with Gasteiger partial charge in [-0.25, -0.2) is 9.97 Å². The first-order valence-electron chi connectivity index (χ1n) is 5.41. The van der Waals surface area contributed by atoms with Gasteiger partial charge in [0.2, 0.25) is 0 Å². The van der Waals surface area contributed by atoms with Crippen molar-refractivity contribution < 1.29 is 0 Å². The van der Waals surface area contributed by atoms with E-state index in [0.717, 1.165) is 27.4 Å². The Bertz CT molecular complexity index is 744. The summed E-state index contributed by atoms with van der Waals surface area (Å²) in [5, 5.41) is 1.27. The maximum atomic E-state index is 6.01. The molecule has 92 valence electrons. The topological polar surface area (TPSA) is 56.7 Å². The highest BCUT2D eigenvalue weighted by atomic mass is 35.5. The fourth-order valence-corrected chi connectivity index (χ4v) is 3.02. The van der Waals surface area contributed by atoms with Crippen LogP contribution in [0.2, 0.25) is 5.02 Å². The number of imidazole rings is 1. The van der Waals surface area contributed by atoms with Crippen LogP contribution in [-0.4, -0.2) is 14.5 Å². The van der Waals surface area contributed by atoms with Crippen molar-refractivity contribution in [2.24, 2.45) is 7.05 Å². The third-order valence-electron chi connectivity index (χ3n) is 2.86. The molecule has 0 radical (unpaired) electrons. The second kappa shape index (κ2) is 3.96. The van der Waals surface area contributed by atoms with Gasteiger partial charge in [-0.05, 0) is 25.1 Å². The molecule has 0 unspecified atom stereocenters. The lowest BCUT2D eigenvalue weighted by molar-refractivity contribution is 0.960. The quantitative estimate of drug-likeness (QED) is 0.743. The molecule has 0 amide bonds. The molecule has 1 aromatic carbocycles. The van der Waals surface area contributed by atoms with E-state index in [2.05, 4.69) is 9.97 Å². The number of anilines is 1. The molecule has 3 aromatic rings. The summed E-state index contributed by atoms with van der Waals surface area (Å²) >= 11 is 7.46. The van der Waals surface area contributed by atoms with Crippen molar-refractivity contribution in [3.8, 4) is 10.7 Å². The van der Waals surface area contributed by atoms with Crippen LogP contribution in [0.3, 0.4) is 0 Å². The van der Waals surface area contributed by atoms with Gasteiger partial charge in [0.15, 0.2) is 11.0 Å². The Labute approximate surface area is 113 Å². The Morgan fingerprint density at radius 2 is 2.11 bits per heavy atom. The van der Waals surface area contributed by atoms with Crippen LogP contribution in [0.4, 0.5) is 5.13 Å². The van der Waals surface area contributed by atoms with Crippen molar-refractivity contribution >= 4 is 39.1 Å². The van der Waals surface area contributed by atoms with Gasteiger partial charge in [0.25, 0.3) is 0 Å². The molecular formula is C12H11ClN4S. The molecule has 0 aliphatic carbocycles. The summed E-state index contributed by atoms with van der Waals surface area (Å²) in [6.07, 6.45) is 0. The van der Waals surface area contributed by atoms with Gasteiger partial charge in [0.1, 0.15) is 0 Å². The van der Waals surface area contributed by atoms with Gasteiger partial charge >= 0.3 is 0 Å². The Kier molecular flexibility index (Phi) is 2.53. The summed E-state index contributed by atoms with van der Waals surface area (Å²) in [5.41, 5.74) is 8.56. The number of aryl methyl sites for hydroxylation is 2. The lowest BCUT2D eigenvalue weighted by Crippen LogP contribution is -1.92. The highest BCUT2D eigenvalue weighted by Gasteiger charge is 2.15. The average Bonchev–Trinajstić information content (AvgIpc) is 2.80. The summed E-state index contributed by atoms with van der Waals surface area (Å²) < 4.78 is 2.02. The van der Waals surface area contributed by atoms with Gasteiger partial charge in [-0.3, -0.25) is 0 Å². The van der Waals surface area contributed by atoms with Crippen LogP contribution < -0.4 is 5.73 Å². The maximum absolute atomic E-state index is 6.01. The number of halogens is 1. The Morgan fingerprint density at radius 3 is 2.78 bits per heavy atom. The zero-order valence-electron chi connectivity index (χ0n) is 9.94. The normalized spacial score (nSPS) is 11.3. The number of fused-ring (bicyclic) bond motifs is 1. The Balaban J connectivity index is 2.30. The van der Waals surface area contributed by atoms with E-state index in [4.69, 9.17) is 17.3 Å². The maximum Gasteiger partial charge on any atom is 0.180 e. The molecule has 4 nitrogen and oxygen atoms in total. The number of nitrogen functional groups attached to an aromatic ring is 1. The van der Waals surface area contributed by atoms with E-state index in [1.165, 1.54) is 11.3 Å². The molecule has 0 fully saturated rings. The highest BCUT2D eigenvalue weighted by molar-refractivity contribution is 7.18. The zero-order chi connectivity index (χ0) is 12.9. The van der Waals surface area contributed by atoms with Crippen LogP contribution >= 0.6 is 22.9 Å². The van der Waals surface area contributed by atoms with E-state index in [-0.39, 0.29) is 0 Å². The predicted molar refractivity (Wildman–Crippen MR) is 76.0 cm³/mol. The van der Waals surface area contributed by atoms with Crippen LogP contribution in [0, 0.1) is 6.92 Å². The minimum absolute atomic E-state index is 0.563. The van der Waals surface area contributed by atoms with Gasteiger partial charge in [0, 0.05) is 12.1 Å². The minimum Gasteiger partial charge on any atom is -0.375 e. The molecular weight excluding hydrogens is 268 g/mol. The van der Waals surface area contributed by atoms with Crippen molar-refractivity contribution in [1.82, 2.24) is 14.5 Å². The van der Waals surface area contributed by atoms with Crippen molar-refractivity contribution in [2.45, 2.75) is 6.92 Å². The van der Waals surface area contributed by atoms with Crippen molar-refractivity contribution in [3.63, 3.8) is 0 Å². The van der Waals surface area contributed by atoms with Crippen molar-refractivity contribution in [1.29, 1.82) is 0 Å².